The number of allylic oxidation sites excluding steroid dienone is 1. The zero-order chi connectivity index (χ0) is 12.0. The van der Waals surface area contributed by atoms with Gasteiger partial charge in [-0.15, -0.1) is 0 Å². The molecule has 0 atom stereocenters. The summed E-state index contributed by atoms with van der Waals surface area (Å²) < 4.78 is 77.4. The van der Waals surface area contributed by atoms with Gasteiger partial charge in [-0.3, -0.25) is 0 Å². The van der Waals surface area contributed by atoms with E-state index >= 15 is 0 Å². The fourth-order valence-electron chi connectivity index (χ4n) is 0.116. The molecule has 0 aromatic rings. The summed E-state index contributed by atoms with van der Waals surface area (Å²) in [5.74, 6) is -4.17. The van der Waals surface area contributed by atoms with Crippen molar-refractivity contribution in [2.24, 2.45) is 0 Å². The molecular formula is C6H4BrF7. The highest BCUT2D eigenvalue weighted by molar-refractivity contribution is 9.10. The summed E-state index contributed by atoms with van der Waals surface area (Å²) in [5, 5.41) is 0. The molecule has 0 aliphatic heterocycles. The first-order chi connectivity index (χ1) is 6.08. The molecule has 8 heteroatoms. The third-order valence-corrected chi connectivity index (χ3v) is 1.25. The summed E-state index contributed by atoms with van der Waals surface area (Å²) >= 11 is 1.51. The lowest BCUT2D eigenvalue weighted by Crippen LogP contribution is -2.32. The lowest BCUT2D eigenvalue weighted by atomic mass is 10.3. The maximum atomic E-state index is 11.7. The number of alkyl halides is 5. The SMILES string of the molecule is C=CC(F)(F)C(F)(F)Br.FC=C(F)F. The average molecular weight is 289 g/mol. The van der Waals surface area contributed by atoms with Gasteiger partial charge in [0, 0.05) is 0 Å². The van der Waals surface area contributed by atoms with Crippen LogP contribution in [0.2, 0.25) is 0 Å². The van der Waals surface area contributed by atoms with E-state index in [1.165, 1.54) is 15.9 Å². The highest BCUT2D eigenvalue weighted by Gasteiger charge is 2.51. The molecule has 0 fully saturated rings. The summed E-state index contributed by atoms with van der Waals surface area (Å²) in [5.41, 5.74) is 0. The highest BCUT2D eigenvalue weighted by Crippen LogP contribution is 2.39. The Bertz CT molecular complexity index is 201. The van der Waals surface area contributed by atoms with E-state index in [1.54, 1.807) is 0 Å². The largest absolute Gasteiger partial charge is 0.367 e. The van der Waals surface area contributed by atoms with Gasteiger partial charge in [-0.1, -0.05) is 6.58 Å². The smallest absolute Gasteiger partial charge is 0.210 e. The van der Waals surface area contributed by atoms with Gasteiger partial charge in [0.2, 0.25) is 0 Å². The number of halogens is 8. The van der Waals surface area contributed by atoms with Crippen molar-refractivity contribution in [3.05, 3.63) is 25.1 Å². The molecule has 0 nitrogen and oxygen atoms in total. The summed E-state index contributed by atoms with van der Waals surface area (Å²) in [7, 11) is 0. The Kier molecular flexibility index (Phi) is 6.88. The molecule has 0 aromatic carbocycles. The summed E-state index contributed by atoms with van der Waals surface area (Å²) in [6, 6.07) is 0. The van der Waals surface area contributed by atoms with E-state index in [0.29, 0.717) is 0 Å². The van der Waals surface area contributed by atoms with Crippen LogP contribution in [0.4, 0.5) is 30.7 Å². The minimum absolute atomic E-state index is 0.109. The van der Waals surface area contributed by atoms with E-state index in [1.807, 2.05) is 0 Å². The van der Waals surface area contributed by atoms with Gasteiger partial charge in [0.05, 0.1) is 0 Å². The van der Waals surface area contributed by atoms with Crippen molar-refractivity contribution >= 4 is 15.9 Å². The van der Waals surface area contributed by atoms with Crippen LogP contribution in [0.25, 0.3) is 0 Å². The molecule has 0 bridgehead atoms. The van der Waals surface area contributed by atoms with Gasteiger partial charge in [0.1, 0.15) is 0 Å². The van der Waals surface area contributed by atoms with Crippen LogP contribution in [0.15, 0.2) is 25.1 Å². The predicted molar refractivity (Wildman–Crippen MR) is 40.4 cm³/mol. The van der Waals surface area contributed by atoms with E-state index in [9.17, 15) is 30.7 Å². The molecule has 84 valence electrons. The van der Waals surface area contributed by atoms with E-state index in [-0.39, 0.29) is 6.08 Å². The normalized spacial score (nSPS) is 11.1. The zero-order valence-electron chi connectivity index (χ0n) is 6.39. The minimum atomic E-state index is -4.19. The maximum absolute atomic E-state index is 11.7. The zero-order valence-corrected chi connectivity index (χ0v) is 7.97. The summed E-state index contributed by atoms with van der Waals surface area (Å²) in [6.07, 6.45) is -3.15. The van der Waals surface area contributed by atoms with Crippen LogP contribution in [-0.2, 0) is 0 Å². The molecule has 0 saturated carbocycles. The molecular weight excluding hydrogens is 285 g/mol. The number of hydrogen-bond acceptors (Lipinski definition) is 0. The quantitative estimate of drug-likeness (QED) is 0.399. The van der Waals surface area contributed by atoms with Gasteiger partial charge in [0.15, 0.2) is 6.33 Å². The predicted octanol–water partition coefficient (Wildman–Crippen LogP) is 4.49. The van der Waals surface area contributed by atoms with Crippen molar-refractivity contribution in [3.63, 3.8) is 0 Å². The third-order valence-electron chi connectivity index (χ3n) is 0.717. The Morgan fingerprint density at radius 1 is 1.14 bits per heavy atom. The van der Waals surface area contributed by atoms with Crippen LogP contribution in [0.5, 0.6) is 0 Å². The molecule has 14 heavy (non-hydrogen) atoms. The van der Waals surface area contributed by atoms with E-state index in [2.05, 4.69) is 6.58 Å². The topological polar surface area (TPSA) is 0 Å². The van der Waals surface area contributed by atoms with Crippen molar-refractivity contribution in [2.45, 2.75) is 10.8 Å². The first kappa shape index (κ1) is 15.9. The van der Waals surface area contributed by atoms with Gasteiger partial charge in [0.25, 0.3) is 6.08 Å². The van der Waals surface area contributed by atoms with Gasteiger partial charge in [-0.2, -0.15) is 26.3 Å². The van der Waals surface area contributed by atoms with Gasteiger partial charge >= 0.3 is 10.8 Å². The Balaban J connectivity index is 0. The molecule has 0 saturated heterocycles. The molecule has 0 aliphatic rings. The van der Waals surface area contributed by atoms with E-state index in [0.717, 1.165) is 0 Å². The molecule has 0 aliphatic carbocycles. The van der Waals surface area contributed by atoms with Gasteiger partial charge in [-0.25, -0.2) is 4.39 Å². The molecule has 0 amide bonds. The highest BCUT2D eigenvalue weighted by atomic mass is 79.9. The fraction of sp³-hybridized carbons (Fsp3) is 0.333. The minimum Gasteiger partial charge on any atom is -0.210 e. The van der Waals surface area contributed by atoms with Crippen molar-refractivity contribution in [2.75, 3.05) is 0 Å². The Morgan fingerprint density at radius 2 is 1.43 bits per heavy atom. The van der Waals surface area contributed by atoms with Crippen molar-refractivity contribution in [3.8, 4) is 0 Å². The number of rotatable bonds is 2. The molecule has 0 rings (SSSR count). The lowest BCUT2D eigenvalue weighted by molar-refractivity contribution is -0.111. The molecule has 0 heterocycles. The Morgan fingerprint density at radius 3 is 1.43 bits per heavy atom. The average Bonchev–Trinajstić information content (AvgIpc) is 2.03. The summed E-state index contributed by atoms with van der Waals surface area (Å²) in [4.78, 5) is -4.19. The molecule has 0 aromatic heterocycles. The Hall–Kier alpha value is -0.530. The standard InChI is InChI=1S/C4H3BrF4.C2HF3/c1-2-3(6,7)4(5,8)9;3-1-2(4)5/h2H,1H2;1H. The molecule has 0 N–H and O–H groups in total. The Labute approximate surface area is 83.2 Å². The van der Waals surface area contributed by atoms with E-state index in [4.69, 9.17) is 0 Å². The third kappa shape index (κ3) is 6.93. The van der Waals surface area contributed by atoms with Crippen LogP contribution in [-0.4, -0.2) is 10.8 Å². The first-order valence-electron chi connectivity index (χ1n) is 2.78. The molecule has 0 unspecified atom stereocenters. The summed E-state index contributed by atoms with van der Waals surface area (Å²) in [6.45, 7) is 2.54. The van der Waals surface area contributed by atoms with Crippen LogP contribution in [0, 0.1) is 0 Å². The molecule has 0 spiro atoms. The van der Waals surface area contributed by atoms with E-state index < -0.39 is 23.2 Å². The van der Waals surface area contributed by atoms with Crippen LogP contribution in [0.1, 0.15) is 0 Å². The van der Waals surface area contributed by atoms with Crippen LogP contribution >= 0.6 is 15.9 Å². The fourth-order valence-corrected chi connectivity index (χ4v) is 0.278. The van der Waals surface area contributed by atoms with Crippen molar-refractivity contribution < 1.29 is 30.7 Å². The molecule has 0 radical (unpaired) electrons. The van der Waals surface area contributed by atoms with Crippen LogP contribution in [0.3, 0.4) is 0 Å². The van der Waals surface area contributed by atoms with Gasteiger partial charge < -0.3 is 0 Å². The maximum Gasteiger partial charge on any atom is 0.367 e. The van der Waals surface area contributed by atoms with Gasteiger partial charge in [-0.05, 0) is 22.0 Å². The monoisotopic (exact) mass is 288 g/mol. The lowest BCUT2D eigenvalue weighted by Gasteiger charge is -2.16. The van der Waals surface area contributed by atoms with Crippen molar-refractivity contribution in [1.29, 1.82) is 0 Å². The number of hydrogen-bond donors (Lipinski definition) is 0. The van der Waals surface area contributed by atoms with Crippen molar-refractivity contribution in [1.82, 2.24) is 0 Å². The second kappa shape index (κ2) is 6.05. The second-order valence-electron chi connectivity index (χ2n) is 1.72. The second-order valence-corrected chi connectivity index (χ2v) is 2.72. The first-order valence-corrected chi connectivity index (χ1v) is 3.57. The van der Waals surface area contributed by atoms with Crippen LogP contribution < -0.4 is 0 Å².